The molecule has 7 nitrogen and oxygen atoms in total. The van der Waals surface area contributed by atoms with Gasteiger partial charge in [-0.2, -0.15) is 5.10 Å². The summed E-state index contributed by atoms with van der Waals surface area (Å²) >= 11 is 0. The highest BCUT2D eigenvalue weighted by Gasteiger charge is 2.13. The predicted molar refractivity (Wildman–Crippen MR) is 93.3 cm³/mol. The van der Waals surface area contributed by atoms with Gasteiger partial charge in [0.2, 0.25) is 0 Å². The monoisotopic (exact) mass is 339 g/mol. The number of amides is 2. The second-order valence-corrected chi connectivity index (χ2v) is 5.13. The van der Waals surface area contributed by atoms with Crippen molar-refractivity contribution in [3.63, 3.8) is 0 Å². The maximum atomic E-state index is 11.8. The molecule has 0 radical (unpaired) electrons. The summed E-state index contributed by atoms with van der Waals surface area (Å²) in [6, 6.07) is 13.5. The van der Waals surface area contributed by atoms with Crippen LogP contribution in [-0.4, -0.2) is 31.1 Å². The summed E-state index contributed by atoms with van der Waals surface area (Å²) in [5, 5.41) is 6.14. The molecule has 0 saturated carbocycles. The Morgan fingerprint density at radius 1 is 0.960 bits per heavy atom. The molecule has 7 heteroatoms. The lowest BCUT2D eigenvalue weighted by Crippen LogP contribution is -2.32. The first-order valence-corrected chi connectivity index (χ1v) is 7.39. The van der Waals surface area contributed by atoms with Crippen LogP contribution in [0.2, 0.25) is 0 Å². The van der Waals surface area contributed by atoms with Gasteiger partial charge < -0.3 is 10.1 Å². The lowest BCUT2D eigenvalue weighted by atomic mass is 10.2. The third-order valence-corrected chi connectivity index (χ3v) is 3.23. The van der Waals surface area contributed by atoms with Crippen LogP contribution in [0.25, 0.3) is 0 Å². The summed E-state index contributed by atoms with van der Waals surface area (Å²) in [6.45, 7) is 1.96. The number of benzene rings is 2. The summed E-state index contributed by atoms with van der Waals surface area (Å²) in [5.41, 5.74) is 4.77. The second-order valence-electron chi connectivity index (χ2n) is 5.13. The molecule has 0 atom stereocenters. The van der Waals surface area contributed by atoms with Gasteiger partial charge in [0.25, 0.3) is 0 Å². The van der Waals surface area contributed by atoms with E-state index in [0.29, 0.717) is 11.3 Å². The number of ether oxygens (including phenoxy) is 1. The van der Waals surface area contributed by atoms with Crippen LogP contribution in [0.1, 0.15) is 21.5 Å². The van der Waals surface area contributed by atoms with Crippen molar-refractivity contribution in [1.82, 2.24) is 5.43 Å². The van der Waals surface area contributed by atoms with Crippen LogP contribution in [0.4, 0.5) is 5.69 Å². The van der Waals surface area contributed by atoms with Crippen molar-refractivity contribution in [1.29, 1.82) is 0 Å². The molecule has 25 heavy (non-hydrogen) atoms. The Kier molecular flexibility index (Phi) is 6.00. The van der Waals surface area contributed by atoms with Gasteiger partial charge in [-0.05, 0) is 36.8 Å². The highest BCUT2D eigenvalue weighted by atomic mass is 16.5. The molecule has 2 amide bonds. The van der Waals surface area contributed by atoms with Crippen LogP contribution >= 0.6 is 0 Å². The SMILES string of the molecule is COC(=O)c1ccc(NC(=O)C(=O)N/N=C/c2ccc(C)cc2)cc1. The minimum atomic E-state index is -0.902. The number of anilines is 1. The number of hydrogen-bond donors (Lipinski definition) is 2. The number of carbonyl (C=O) groups excluding carboxylic acids is 3. The third kappa shape index (κ3) is 5.28. The average Bonchev–Trinajstić information content (AvgIpc) is 2.63. The van der Waals surface area contributed by atoms with Gasteiger partial charge in [-0.25, -0.2) is 10.2 Å². The average molecular weight is 339 g/mol. The zero-order chi connectivity index (χ0) is 18.2. The largest absolute Gasteiger partial charge is 0.465 e. The van der Waals surface area contributed by atoms with Crippen molar-refractivity contribution in [3.05, 3.63) is 65.2 Å². The van der Waals surface area contributed by atoms with Crippen LogP contribution < -0.4 is 10.7 Å². The minimum Gasteiger partial charge on any atom is -0.465 e. The Labute approximate surface area is 144 Å². The Hall–Kier alpha value is -3.48. The number of hydrazone groups is 1. The normalized spacial score (nSPS) is 10.3. The molecule has 0 fully saturated rings. The minimum absolute atomic E-state index is 0.340. The van der Waals surface area contributed by atoms with E-state index in [1.165, 1.54) is 37.6 Å². The molecule has 0 bridgehead atoms. The van der Waals surface area contributed by atoms with E-state index in [0.717, 1.165) is 11.1 Å². The molecule has 2 aromatic carbocycles. The lowest BCUT2D eigenvalue weighted by molar-refractivity contribution is -0.136. The molecule has 0 aliphatic heterocycles. The molecular formula is C18H17N3O4. The van der Waals surface area contributed by atoms with E-state index in [1.807, 2.05) is 31.2 Å². The zero-order valence-corrected chi connectivity index (χ0v) is 13.8. The Morgan fingerprint density at radius 2 is 1.60 bits per heavy atom. The fourth-order valence-electron chi connectivity index (χ4n) is 1.86. The maximum absolute atomic E-state index is 11.8. The van der Waals surface area contributed by atoms with Crippen molar-refractivity contribution < 1.29 is 19.1 Å². The van der Waals surface area contributed by atoms with Gasteiger partial charge in [-0.1, -0.05) is 29.8 Å². The number of aryl methyl sites for hydroxylation is 1. The van der Waals surface area contributed by atoms with E-state index in [-0.39, 0.29) is 0 Å². The van der Waals surface area contributed by atoms with Crippen molar-refractivity contribution in [2.75, 3.05) is 12.4 Å². The molecule has 0 aliphatic carbocycles. The molecule has 128 valence electrons. The summed E-state index contributed by atoms with van der Waals surface area (Å²) in [4.78, 5) is 34.8. The van der Waals surface area contributed by atoms with E-state index < -0.39 is 17.8 Å². The molecule has 0 aromatic heterocycles. The highest BCUT2D eigenvalue weighted by molar-refractivity contribution is 6.39. The summed E-state index contributed by atoms with van der Waals surface area (Å²) < 4.78 is 4.58. The molecule has 0 spiro atoms. The number of esters is 1. The second kappa shape index (κ2) is 8.39. The van der Waals surface area contributed by atoms with Crippen molar-refractivity contribution in [3.8, 4) is 0 Å². The van der Waals surface area contributed by atoms with Gasteiger partial charge in [-0.3, -0.25) is 9.59 Å². The number of hydrogen-bond acceptors (Lipinski definition) is 5. The molecule has 0 aliphatic rings. The first-order valence-electron chi connectivity index (χ1n) is 7.39. The zero-order valence-electron chi connectivity index (χ0n) is 13.8. The first-order chi connectivity index (χ1) is 12.0. The summed E-state index contributed by atoms with van der Waals surface area (Å²) in [7, 11) is 1.28. The molecule has 0 heterocycles. The maximum Gasteiger partial charge on any atom is 0.337 e. The van der Waals surface area contributed by atoms with E-state index >= 15 is 0 Å². The van der Waals surface area contributed by atoms with Crippen LogP contribution in [0.5, 0.6) is 0 Å². The van der Waals surface area contributed by atoms with E-state index in [1.54, 1.807) is 0 Å². The summed E-state index contributed by atoms with van der Waals surface area (Å²) in [5.74, 6) is -2.26. The third-order valence-electron chi connectivity index (χ3n) is 3.23. The number of nitrogens with zero attached hydrogens (tertiary/aromatic N) is 1. The molecule has 0 saturated heterocycles. The van der Waals surface area contributed by atoms with E-state index in [9.17, 15) is 14.4 Å². The lowest BCUT2D eigenvalue weighted by Gasteiger charge is -2.05. The number of nitrogens with one attached hydrogen (secondary N) is 2. The smallest absolute Gasteiger partial charge is 0.337 e. The van der Waals surface area contributed by atoms with Gasteiger partial charge in [0.1, 0.15) is 0 Å². The standard InChI is InChI=1S/C18H17N3O4/c1-12-3-5-13(6-4-12)11-19-21-17(23)16(22)20-15-9-7-14(8-10-15)18(24)25-2/h3-11H,1-2H3,(H,20,22)(H,21,23)/b19-11+. The van der Waals surface area contributed by atoms with Gasteiger partial charge in [-0.15, -0.1) is 0 Å². The van der Waals surface area contributed by atoms with Crippen molar-refractivity contribution in [2.45, 2.75) is 6.92 Å². The van der Waals surface area contributed by atoms with Crippen molar-refractivity contribution in [2.24, 2.45) is 5.10 Å². The fourth-order valence-corrected chi connectivity index (χ4v) is 1.86. The quantitative estimate of drug-likeness (QED) is 0.385. The molecular weight excluding hydrogens is 322 g/mol. The van der Waals surface area contributed by atoms with E-state index in [4.69, 9.17) is 0 Å². The van der Waals surface area contributed by atoms with Gasteiger partial charge in [0.15, 0.2) is 0 Å². The van der Waals surface area contributed by atoms with Gasteiger partial charge in [0, 0.05) is 5.69 Å². The first kappa shape index (κ1) is 17.9. The molecule has 2 aromatic rings. The summed E-state index contributed by atoms with van der Waals surface area (Å²) in [6.07, 6.45) is 1.44. The number of rotatable bonds is 4. The molecule has 2 N–H and O–H groups in total. The van der Waals surface area contributed by atoms with E-state index in [2.05, 4.69) is 20.6 Å². The molecule has 2 rings (SSSR count). The fraction of sp³-hybridized carbons (Fsp3) is 0.111. The van der Waals surface area contributed by atoms with Gasteiger partial charge in [0.05, 0.1) is 18.9 Å². The molecule has 0 unspecified atom stereocenters. The van der Waals surface area contributed by atoms with Crippen LogP contribution in [0.15, 0.2) is 53.6 Å². The van der Waals surface area contributed by atoms with Crippen LogP contribution in [-0.2, 0) is 14.3 Å². The van der Waals surface area contributed by atoms with Crippen LogP contribution in [0, 0.1) is 6.92 Å². The Morgan fingerprint density at radius 3 is 2.20 bits per heavy atom. The van der Waals surface area contributed by atoms with Crippen LogP contribution in [0.3, 0.4) is 0 Å². The Balaban J connectivity index is 1.88. The Bertz CT molecular complexity index is 796. The number of carbonyl (C=O) groups is 3. The predicted octanol–water partition coefficient (Wildman–Crippen LogP) is 1.87. The topological polar surface area (TPSA) is 96.9 Å². The van der Waals surface area contributed by atoms with Crippen molar-refractivity contribution >= 4 is 29.7 Å². The highest BCUT2D eigenvalue weighted by Crippen LogP contribution is 2.10. The number of methoxy groups -OCH3 is 1. The van der Waals surface area contributed by atoms with Gasteiger partial charge >= 0.3 is 17.8 Å².